The topological polar surface area (TPSA) is 135 Å². The Hall–Kier alpha value is -1.28. The molecule has 1 amide bonds. The number of piperazine rings is 1. The summed E-state index contributed by atoms with van der Waals surface area (Å²) in [5.74, 6) is -0.183. The van der Waals surface area contributed by atoms with Crippen LogP contribution in [0.25, 0.3) is 0 Å². The first-order valence-corrected chi connectivity index (χ1v) is 14.5. The highest BCUT2D eigenvalue weighted by Gasteiger charge is 2.43. The third-order valence-electron chi connectivity index (χ3n) is 9.63. The Morgan fingerprint density at radius 1 is 1.11 bits per heavy atom. The first kappa shape index (κ1) is 27.7. The highest BCUT2D eigenvalue weighted by Crippen LogP contribution is 2.46. The second-order valence-electron chi connectivity index (χ2n) is 12.2. The number of rotatable bonds is 6. The average Bonchev–Trinajstić information content (AvgIpc) is 2.86. The lowest BCUT2D eigenvalue weighted by atomic mass is 9.64. The van der Waals surface area contributed by atoms with Gasteiger partial charge in [0.25, 0.3) is 0 Å². The summed E-state index contributed by atoms with van der Waals surface area (Å²) in [6.45, 7) is 6.73. The van der Waals surface area contributed by atoms with Crippen molar-refractivity contribution in [2.24, 2.45) is 28.7 Å². The van der Waals surface area contributed by atoms with Crippen LogP contribution in [0.4, 0.5) is 0 Å². The van der Waals surface area contributed by atoms with Gasteiger partial charge in [-0.05, 0) is 70.0 Å². The maximum atomic E-state index is 13.9. The van der Waals surface area contributed by atoms with Crippen molar-refractivity contribution >= 4 is 5.91 Å². The molecule has 1 spiro atoms. The molecule has 3 aliphatic heterocycles. The maximum absolute atomic E-state index is 13.9. The molecule has 0 aromatic heterocycles. The van der Waals surface area contributed by atoms with Gasteiger partial charge in [-0.15, -0.1) is 0 Å². The molecule has 3 saturated heterocycles. The molecule has 5 unspecified atom stereocenters. The van der Waals surface area contributed by atoms with Gasteiger partial charge in [0, 0.05) is 51.2 Å². The van der Waals surface area contributed by atoms with E-state index in [-0.39, 0.29) is 23.4 Å². The number of nitrogens with zero attached hydrogens (tertiary/aromatic N) is 3. The van der Waals surface area contributed by atoms with E-state index >= 15 is 0 Å². The third-order valence-corrected chi connectivity index (χ3v) is 9.63. The van der Waals surface area contributed by atoms with Crippen molar-refractivity contribution < 1.29 is 4.79 Å². The van der Waals surface area contributed by atoms with Crippen LogP contribution in [0.1, 0.15) is 64.2 Å². The molecule has 36 heavy (non-hydrogen) atoms. The van der Waals surface area contributed by atoms with Crippen molar-refractivity contribution in [3.8, 4) is 6.07 Å². The van der Waals surface area contributed by atoms with E-state index < -0.39 is 12.1 Å². The fourth-order valence-electron chi connectivity index (χ4n) is 7.37. The Morgan fingerprint density at radius 2 is 1.86 bits per heavy atom. The molecular weight excluding hydrogens is 452 g/mol. The first-order valence-electron chi connectivity index (χ1n) is 14.5. The lowest BCUT2D eigenvalue weighted by molar-refractivity contribution is -0.128. The molecule has 0 aromatic rings. The number of hydrogen-bond acceptors (Lipinski definition) is 8. The molecule has 4 aliphatic rings. The van der Waals surface area contributed by atoms with Crippen LogP contribution in [0.2, 0.25) is 0 Å². The third kappa shape index (κ3) is 6.97. The van der Waals surface area contributed by atoms with Gasteiger partial charge in [0.2, 0.25) is 5.91 Å². The van der Waals surface area contributed by atoms with Gasteiger partial charge in [-0.25, -0.2) is 0 Å². The number of carbonyl (C=O) groups excluding carboxylic acids is 1. The molecular formula is C27H50N8O. The molecule has 0 aromatic carbocycles. The van der Waals surface area contributed by atoms with Crippen LogP contribution in [-0.2, 0) is 4.79 Å². The normalized spacial score (nSPS) is 33.4. The largest absolute Gasteiger partial charge is 0.350 e. The second-order valence-corrected chi connectivity index (χ2v) is 12.2. The predicted octanol–water partition coefficient (Wildman–Crippen LogP) is 0.563. The molecule has 204 valence electrons. The summed E-state index contributed by atoms with van der Waals surface area (Å²) >= 11 is 0. The van der Waals surface area contributed by atoms with Crippen LogP contribution in [0, 0.1) is 28.6 Å². The second kappa shape index (κ2) is 13.0. The van der Waals surface area contributed by atoms with Crippen LogP contribution in [0.15, 0.2) is 0 Å². The Kier molecular flexibility index (Phi) is 10.0. The smallest absolute Gasteiger partial charge is 0.227 e. The van der Waals surface area contributed by atoms with Gasteiger partial charge in [0.1, 0.15) is 0 Å². The molecule has 9 heteroatoms. The number of likely N-dealkylation sites (N-methyl/N-ethyl adjacent to an activating group) is 1. The lowest BCUT2D eigenvalue weighted by Crippen LogP contribution is -2.65. The molecule has 9 nitrogen and oxygen atoms in total. The van der Waals surface area contributed by atoms with Crippen LogP contribution in [-0.4, -0.2) is 92.9 Å². The highest BCUT2D eigenvalue weighted by atomic mass is 16.2. The Labute approximate surface area is 218 Å². The number of piperidine rings is 1. The lowest BCUT2D eigenvalue weighted by Gasteiger charge is -2.46. The van der Waals surface area contributed by atoms with Crippen molar-refractivity contribution in [2.75, 3.05) is 52.9 Å². The molecule has 0 bridgehead atoms. The number of nitrogens with two attached hydrogens (primary N) is 2. The van der Waals surface area contributed by atoms with Gasteiger partial charge in [-0.2, -0.15) is 5.26 Å². The molecule has 4 fully saturated rings. The van der Waals surface area contributed by atoms with Crippen LogP contribution in [0.5, 0.6) is 0 Å². The fraction of sp³-hybridized carbons (Fsp3) is 0.926. The summed E-state index contributed by atoms with van der Waals surface area (Å²) in [4.78, 5) is 18.8. The molecule has 1 saturated carbocycles. The average molecular weight is 503 g/mol. The van der Waals surface area contributed by atoms with Crippen molar-refractivity contribution in [3.05, 3.63) is 0 Å². The van der Waals surface area contributed by atoms with E-state index in [1.807, 2.05) is 0 Å². The molecule has 1 aliphatic carbocycles. The van der Waals surface area contributed by atoms with Crippen LogP contribution < -0.4 is 27.4 Å². The predicted molar refractivity (Wildman–Crippen MR) is 143 cm³/mol. The van der Waals surface area contributed by atoms with E-state index in [2.05, 4.69) is 38.9 Å². The summed E-state index contributed by atoms with van der Waals surface area (Å²) < 4.78 is 0. The zero-order valence-electron chi connectivity index (χ0n) is 22.4. The Balaban J connectivity index is 1.48. The Bertz CT molecular complexity index is 741. The minimum absolute atomic E-state index is 0.0151. The van der Waals surface area contributed by atoms with Gasteiger partial charge in [-0.1, -0.05) is 19.3 Å². The van der Waals surface area contributed by atoms with E-state index in [4.69, 9.17) is 11.5 Å². The van der Waals surface area contributed by atoms with Gasteiger partial charge in [0.15, 0.2) is 0 Å². The molecule has 0 radical (unpaired) electrons. The minimum atomic E-state index is -0.726. The van der Waals surface area contributed by atoms with Crippen molar-refractivity contribution in [1.29, 1.82) is 5.26 Å². The van der Waals surface area contributed by atoms with Gasteiger partial charge >= 0.3 is 0 Å². The summed E-state index contributed by atoms with van der Waals surface area (Å²) in [6, 6.07) is 2.71. The number of carbonyl (C=O) groups is 1. The van der Waals surface area contributed by atoms with E-state index in [9.17, 15) is 10.1 Å². The zero-order valence-corrected chi connectivity index (χ0v) is 22.4. The van der Waals surface area contributed by atoms with Crippen molar-refractivity contribution in [1.82, 2.24) is 25.8 Å². The first-order chi connectivity index (χ1) is 17.4. The molecule has 3 heterocycles. The molecule has 4 rings (SSSR count). The summed E-state index contributed by atoms with van der Waals surface area (Å²) in [5.41, 5.74) is 12.9. The van der Waals surface area contributed by atoms with Crippen molar-refractivity contribution in [3.63, 3.8) is 0 Å². The Morgan fingerprint density at radius 3 is 2.56 bits per heavy atom. The quantitative estimate of drug-likeness (QED) is 0.333. The molecule has 7 N–H and O–H groups in total. The number of nitriles is 1. The number of nitrogens with one attached hydrogen (secondary N) is 3. The van der Waals surface area contributed by atoms with E-state index in [0.717, 1.165) is 71.5 Å². The monoisotopic (exact) mass is 502 g/mol. The zero-order chi connectivity index (χ0) is 25.5. The standard InChI is InChI=1S/C27H50N8O/c1-34-13-15-35(16-14-34)23-7-12-31-19-22(23)33-26(36)24(25(29)30)21-17-27(8-3-2-4-9-27)10-5-20(6-11-28)18-32-21/h20-25,31-32H,2-10,12-19,29-30H2,1H3,(H,33,36). The SMILES string of the molecule is CN1CCN(C2CCNCC2NC(=O)C(C(N)N)C2CC3(CCCCC3)CCC(CC#N)CN2)CC1. The number of amides is 1. The molecule has 5 atom stereocenters. The maximum Gasteiger partial charge on any atom is 0.227 e. The fourth-order valence-corrected chi connectivity index (χ4v) is 7.37. The van der Waals surface area contributed by atoms with E-state index in [0.29, 0.717) is 18.4 Å². The van der Waals surface area contributed by atoms with Gasteiger partial charge in [0.05, 0.1) is 24.2 Å². The van der Waals surface area contributed by atoms with Crippen LogP contribution in [0.3, 0.4) is 0 Å². The van der Waals surface area contributed by atoms with E-state index in [1.54, 1.807) is 0 Å². The van der Waals surface area contributed by atoms with Gasteiger partial charge in [-0.3, -0.25) is 9.69 Å². The minimum Gasteiger partial charge on any atom is -0.350 e. The number of hydrogen-bond donors (Lipinski definition) is 5. The van der Waals surface area contributed by atoms with Crippen LogP contribution >= 0.6 is 0 Å². The van der Waals surface area contributed by atoms with E-state index in [1.165, 1.54) is 32.1 Å². The summed E-state index contributed by atoms with van der Waals surface area (Å²) in [5, 5.41) is 20.0. The van der Waals surface area contributed by atoms with Gasteiger partial charge < -0.3 is 32.3 Å². The summed E-state index contributed by atoms with van der Waals surface area (Å²) in [7, 11) is 2.18. The van der Waals surface area contributed by atoms with Crippen molar-refractivity contribution in [2.45, 2.75) is 88.5 Å². The highest BCUT2D eigenvalue weighted by molar-refractivity contribution is 5.80. The summed E-state index contributed by atoms with van der Waals surface area (Å²) in [6.07, 6.45) is 10.2.